The molecule has 2 heterocycles. The molecule has 1 aromatic rings. The fraction of sp³-hybridized carbons (Fsp3) is 0.588. The molecule has 0 radical (unpaired) electrons. The molecule has 1 atom stereocenters. The molecule has 3 rings (SSSR count). The van der Waals surface area contributed by atoms with Gasteiger partial charge in [0.05, 0.1) is 16.7 Å². The van der Waals surface area contributed by atoms with Crippen molar-refractivity contribution in [3.63, 3.8) is 0 Å². The van der Waals surface area contributed by atoms with E-state index in [1.54, 1.807) is 12.1 Å². The van der Waals surface area contributed by atoms with Gasteiger partial charge in [0.15, 0.2) is 9.84 Å². The first-order valence-corrected chi connectivity index (χ1v) is 10.0. The smallest absolute Gasteiger partial charge is 0.220 e. The molecule has 23 heavy (non-hydrogen) atoms. The van der Waals surface area contributed by atoms with E-state index in [0.29, 0.717) is 23.7 Å². The summed E-state index contributed by atoms with van der Waals surface area (Å²) >= 11 is 0. The maximum absolute atomic E-state index is 12.2. The van der Waals surface area contributed by atoms with Crippen molar-refractivity contribution in [1.82, 2.24) is 10.6 Å². The Morgan fingerprint density at radius 1 is 1.17 bits per heavy atom. The van der Waals surface area contributed by atoms with Crippen LogP contribution in [0.25, 0.3) is 0 Å². The first-order chi connectivity index (χ1) is 11.1. The number of fused-ring (bicyclic) bond motifs is 1. The van der Waals surface area contributed by atoms with Crippen LogP contribution >= 0.6 is 0 Å². The quantitative estimate of drug-likeness (QED) is 0.879. The highest BCUT2D eigenvalue weighted by molar-refractivity contribution is 7.91. The number of benzene rings is 1. The SMILES string of the molecule is O=C(CCC1CCNCC1)NC1CCS(=O)(=O)c2ccccc21. The summed E-state index contributed by atoms with van der Waals surface area (Å²) in [4.78, 5) is 12.6. The highest BCUT2D eigenvalue weighted by atomic mass is 32.2. The largest absolute Gasteiger partial charge is 0.349 e. The number of piperidine rings is 1. The molecule has 2 N–H and O–H groups in total. The summed E-state index contributed by atoms with van der Waals surface area (Å²) in [6.07, 6.45) is 4.17. The molecule has 0 spiro atoms. The Labute approximate surface area is 137 Å². The highest BCUT2D eigenvalue weighted by Crippen LogP contribution is 2.32. The number of hydrogen-bond acceptors (Lipinski definition) is 4. The Kier molecular flexibility index (Phi) is 5.02. The second kappa shape index (κ2) is 7.01. The Hall–Kier alpha value is -1.40. The average Bonchev–Trinajstić information content (AvgIpc) is 2.57. The zero-order chi connectivity index (χ0) is 16.3. The third-order valence-electron chi connectivity index (χ3n) is 4.88. The topological polar surface area (TPSA) is 75.3 Å². The van der Waals surface area contributed by atoms with Crippen LogP contribution in [0, 0.1) is 5.92 Å². The first kappa shape index (κ1) is 16.5. The molecule has 2 aliphatic rings. The van der Waals surface area contributed by atoms with E-state index in [0.717, 1.165) is 37.9 Å². The molecule has 1 aromatic carbocycles. The van der Waals surface area contributed by atoms with E-state index in [1.165, 1.54) is 0 Å². The Morgan fingerprint density at radius 2 is 1.91 bits per heavy atom. The lowest BCUT2D eigenvalue weighted by Crippen LogP contribution is -2.34. The molecule has 0 bridgehead atoms. The normalized spacial score (nSPS) is 23.9. The summed E-state index contributed by atoms with van der Waals surface area (Å²) in [7, 11) is -3.20. The van der Waals surface area contributed by atoms with Gasteiger partial charge in [-0.1, -0.05) is 18.2 Å². The molecule has 0 saturated carbocycles. The molecular formula is C17H24N2O3S. The molecule has 6 heteroatoms. The fourth-order valence-corrected chi connectivity index (χ4v) is 5.13. The highest BCUT2D eigenvalue weighted by Gasteiger charge is 2.30. The van der Waals surface area contributed by atoms with Crippen LogP contribution in [0.15, 0.2) is 29.2 Å². The van der Waals surface area contributed by atoms with Gasteiger partial charge in [-0.25, -0.2) is 8.42 Å². The zero-order valence-corrected chi connectivity index (χ0v) is 14.1. The molecule has 1 saturated heterocycles. The van der Waals surface area contributed by atoms with Gasteiger partial charge in [0, 0.05) is 6.42 Å². The summed E-state index contributed by atoms with van der Waals surface area (Å²) < 4.78 is 24.2. The van der Waals surface area contributed by atoms with Crippen molar-refractivity contribution in [2.45, 2.75) is 43.0 Å². The Bertz CT molecular complexity index is 666. The summed E-state index contributed by atoms with van der Waals surface area (Å²) in [5.41, 5.74) is 0.731. The van der Waals surface area contributed by atoms with Gasteiger partial charge in [0.1, 0.15) is 0 Å². The molecule has 1 amide bonds. The van der Waals surface area contributed by atoms with Gasteiger partial charge >= 0.3 is 0 Å². The molecule has 1 fully saturated rings. The van der Waals surface area contributed by atoms with Crippen LogP contribution in [0.4, 0.5) is 0 Å². The first-order valence-electron chi connectivity index (χ1n) is 8.38. The van der Waals surface area contributed by atoms with Gasteiger partial charge in [-0.15, -0.1) is 0 Å². The lowest BCUT2D eigenvalue weighted by molar-refractivity contribution is -0.122. The van der Waals surface area contributed by atoms with Crippen molar-refractivity contribution in [2.75, 3.05) is 18.8 Å². The summed E-state index contributed by atoms with van der Waals surface area (Å²) in [5, 5.41) is 6.36. The zero-order valence-electron chi connectivity index (χ0n) is 13.3. The minimum atomic E-state index is -3.20. The summed E-state index contributed by atoms with van der Waals surface area (Å²) in [6.45, 7) is 2.08. The van der Waals surface area contributed by atoms with Gasteiger partial charge in [-0.3, -0.25) is 4.79 Å². The Morgan fingerprint density at radius 3 is 2.70 bits per heavy atom. The van der Waals surface area contributed by atoms with Gasteiger partial charge in [-0.05, 0) is 56.3 Å². The average molecular weight is 336 g/mol. The van der Waals surface area contributed by atoms with Crippen LogP contribution in [0.2, 0.25) is 0 Å². The van der Waals surface area contributed by atoms with E-state index >= 15 is 0 Å². The van der Waals surface area contributed by atoms with E-state index in [9.17, 15) is 13.2 Å². The maximum Gasteiger partial charge on any atom is 0.220 e. The Balaban J connectivity index is 1.60. The molecule has 0 aromatic heterocycles. The van der Waals surface area contributed by atoms with Gasteiger partial charge in [0.2, 0.25) is 5.91 Å². The number of amides is 1. The van der Waals surface area contributed by atoms with Crippen molar-refractivity contribution in [1.29, 1.82) is 0 Å². The lowest BCUT2D eigenvalue weighted by atomic mass is 9.93. The second-order valence-electron chi connectivity index (χ2n) is 6.50. The van der Waals surface area contributed by atoms with E-state index in [2.05, 4.69) is 10.6 Å². The number of hydrogen-bond donors (Lipinski definition) is 2. The number of sulfone groups is 1. The van der Waals surface area contributed by atoms with Crippen molar-refractivity contribution in [3.8, 4) is 0 Å². The van der Waals surface area contributed by atoms with Crippen LogP contribution in [-0.2, 0) is 14.6 Å². The van der Waals surface area contributed by atoms with Crippen LogP contribution < -0.4 is 10.6 Å². The standard InChI is InChI=1S/C17H24N2O3S/c20-17(6-5-13-7-10-18-11-8-13)19-15-9-12-23(21,22)16-4-2-1-3-14(15)16/h1-4,13,15,18H,5-12H2,(H,19,20). The van der Waals surface area contributed by atoms with Gasteiger partial charge < -0.3 is 10.6 Å². The molecule has 126 valence electrons. The lowest BCUT2D eigenvalue weighted by Gasteiger charge is -2.27. The minimum absolute atomic E-state index is 0.0302. The molecule has 0 aliphatic carbocycles. The van der Waals surface area contributed by atoms with E-state index in [4.69, 9.17) is 0 Å². The van der Waals surface area contributed by atoms with Crippen molar-refractivity contribution in [3.05, 3.63) is 29.8 Å². The number of carbonyl (C=O) groups is 1. The van der Waals surface area contributed by atoms with E-state index in [-0.39, 0.29) is 17.7 Å². The van der Waals surface area contributed by atoms with Crippen LogP contribution in [0.5, 0.6) is 0 Å². The second-order valence-corrected chi connectivity index (χ2v) is 8.58. The maximum atomic E-state index is 12.2. The van der Waals surface area contributed by atoms with Crippen LogP contribution in [0.1, 0.15) is 43.7 Å². The fourth-order valence-electron chi connectivity index (χ4n) is 3.51. The summed E-state index contributed by atoms with van der Waals surface area (Å²) in [5.74, 6) is 0.757. The molecule has 2 aliphatic heterocycles. The molecule has 1 unspecified atom stereocenters. The predicted octanol–water partition coefficient (Wildman–Crippen LogP) is 1.80. The van der Waals surface area contributed by atoms with Gasteiger partial charge in [-0.2, -0.15) is 0 Å². The molecule has 5 nitrogen and oxygen atoms in total. The number of carbonyl (C=O) groups excluding carboxylic acids is 1. The van der Waals surface area contributed by atoms with Gasteiger partial charge in [0.25, 0.3) is 0 Å². The van der Waals surface area contributed by atoms with Crippen molar-refractivity contribution >= 4 is 15.7 Å². The molecular weight excluding hydrogens is 312 g/mol. The van der Waals surface area contributed by atoms with Crippen LogP contribution in [0.3, 0.4) is 0 Å². The van der Waals surface area contributed by atoms with E-state index < -0.39 is 9.84 Å². The predicted molar refractivity (Wildman–Crippen MR) is 88.8 cm³/mol. The number of nitrogens with one attached hydrogen (secondary N) is 2. The monoisotopic (exact) mass is 336 g/mol. The third kappa shape index (κ3) is 3.93. The summed E-state index contributed by atoms with van der Waals surface area (Å²) in [6, 6.07) is 6.82. The number of rotatable bonds is 4. The van der Waals surface area contributed by atoms with Crippen molar-refractivity contribution < 1.29 is 13.2 Å². The minimum Gasteiger partial charge on any atom is -0.349 e. The van der Waals surface area contributed by atoms with E-state index in [1.807, 2.05) is 12.1 Å². The third-order valence-corrected chi connectivity index (χ3v) is 6.69. The van der Waals surface area contributed by atoms with Crippen molar-refractivity contribution in [2.24, 2.45) is 5.92 Å². The van der Waals surface area contributed by atoms with Crippen LogP contribution in [-0.4, -0.2) is 33.2 Å².